The number of amides is 1. The smallest absolute Gasteiger partial charge is 0.315 e. The monoisotopic (exact) mass is 247 g/mol. The van der Waals surface area contributed by atoms with E-state index in [2.05, 4.69) is 10.1 Å². The Morgan fingerprint density at radius 3 is 2.35 bits per heavy atom. The second-order valence-corrected chi connectivity index (χ2v) is 3.14. The van der Waals surface area contributed by atoms with Crippen LogP contribution in [0, 0.1) is 0 Å². The molecule has 0 unspecified atom stereocenters. The molecule has 0 heterocycles. The quantitative estimate of drug-likeness (QED) is 0.337. The van der Waals surface area contributed by atoms with Crippen LogP contribution in [-0.2, 0) is 23.8 Å². The largest absolute Gasteiger partial charge is 0.466 e. The van der Waals surface area contributed by atoms with Crippen LogP contribution in [0.25, 0.3) is 0 Å². The van der Waals surface area contributed by atoms with Crippen molar-refractivity contribution in [1.29, 1.82) is 0 Å². The molecule has 17 heavy (non-hydrogen) atoms. The number of nitrogens with one attached hydrogen (secondary N) is 1. The highest BCUT2D eigenvalue weighted by molar-refractivity contribution is 5.94. The molecule has 0 aliphatic heterocycles. The molecule has 100 valence electrons. The molecule has 0 aromatic heterocycles. The highest BCUT2D eigenvalue weighted by Gasteiger charge is 2.08. The molecule has 0 aromatic rings. The molecule has 0 aromatic carbocycles. The number of ether oxygens (including phenoxy) is 3. The first-order valence-electron chi connectivity index (χ1n) is 5.78. The van der Waals surface area contributed by atoms with Gasteiger partial charge in [0.25, 0.3) is 0 Å². The number of rotatable bonds is 10. The van der Waals surface area contributed by atoms with E-state index < -0.39 is 5.97 Å². The molecule has 0 atom stereocenters. The van der Waals surface area contributed by atoms with Crippen LogP contribution in [0.2, 0.25) is 0 Å². The second-order valence-electron chi connectivity index (χ2n) is 3.14. The Morgan fingerprint density at radius 1 is 1.00 bits per heavy atom. The van der Waals surface area contributed by atoms with Gasteiger partial charge in [0.1, 0.15) is 6.42 Å². The van der Waals surface area contributed by atoms with Gasteiger partial charge in [-0.3, -0.25) is 9.59 Å². The number of carbonyl (C=O) groups is 2. The van der Waals surface area contributed by atoms with E-state index in [1.54, 1.807) is 6.92 Å². The van der Waals surface area contributed by atoms with Gasteiger partial charge in [-0.2, -0.15) is 0 Å². The first-order valence-corrected chi connectivity index (χ1v) is 5.78. The van der Waals surface area contributed by atoms with Crippen molar-refractivity contribution in [3.63, 3.8) is 0 Å². The third-order valence-electron chi connectivity index (χ3n) is 1.75. The summed E-state index contributed by atoms with van der Waals surface area (Å²) in [7, 11) is 0. The van der Waals surface area contributed by atoms with Gasteiger partial charge in [0.05, 0.1) is 26.4 Å². The average Bonchev–Trinajstić information content (AvgIpc) is 2.28. The van der Waals surface area contributed by atoms with E-state index in [9.17, 15) is 9.59 Å². The fourth-order valence-corrected chi connectivity index (χ4v) is 1.03. The molecule has 1 N–H and O–H groups in total. The van der Waals surface area contributed by atoms with Crippen molar-refractivity contribution in [2.45, 2.75) is 20.3 Å². The summed E-state index contributed by atoms with van der Waals surface area (Å²) in [6.45, 7) is 6.39. The lowest BCUT2D eigenvalue weighted by atomic mass is 10.4. The Bertz CT molecular complexity index is 220. The fourth-order valence-electron chi connectivity index (χ4n) is 1.03. The molecule has 0 aliphatic rings. The van der Waals surface area contributed by atoms with Crippen LogP contribution in [0.5, 0.6) is 0 Å². The van der Waals surface area contributed by atoms with Crippen LogP contribution in [0.15, 0.2) is 0 Å². The van der Waals surface area contributed by atoms with E-state index in [1.807, 2.05) is 6.92 Å². The highest BCUT2D eigenvalue weighted by Crippen LogP contribution is 1.86. The van der Waals surface area contributed by atoms with Gasteiger partial charge >= 0.3 is 5.97 Å². The highest BCUT2D eigenvalue weighted by atomic mass is 16.5. The number of esters is 1. The van der Waals surface area contributed by atoms with E-state index in [0.717, 1.165) is 0 Å². The minimum absolute atomic E-state index is 0.243. The van der Waals surface area contributed by atoms with Crippen molar-refractivity contribution < 1.29 is 23.8 Å². The van der Waals surface area contributed by atoms with Crippen LogP contribution in [-0.4, -0.2) is 51.5 Å². The van der Waals surface area contributed by atoms with Gasteiger partial charge in [-0.05, 0) is 13.8 Å². The zero-order valence-corrected chi connectivity index (χ0v) is 10.5. The standard InChI is InChI=1S/C11H21NO5/c1-3-15-7-8-16-6-5-12-10(13)9-11(14)17-4-2/h3-9H2,1-2H3,(H,12,13). The molecule has 0 saturated heterocycles. The van der Waals surface area contributed by atoms with Crippen molar-refractivity contribution in [3.05, 3.63) is 0 Å². The number of hydrogen-bond acceptors (Lipinski definition) is 5. The third-order valence-corrected chi connectivity index (χ3v) is 1.75. The van der Waals surface area contributed by atoms with Crippen molar-refractivity contribution in [2.75, 3.05) is 39.6 Å². The molecule has 0 aliphatic carbocycles. The van der Waals surface area contributed by atoms with E-state index in [-0.39, 0.29) is 18.9 Å². The Hall–Kier alpha value is -1.14. The predicted molar refractivity (Wildman–Crippen MR) is 61.6 cm³/mol. The molecule has 6 nitrogen and oxygen atoms in total. The maximum Gasteiger partial charge on any atom is 0.315 e. The van der Waals surface area contributed by atoms with Gasteiger partial charge in [0.2, 0.25) is 5.91 Å². The van der Waals surface area contributed by atoms with Crippen LogP contribution < -0.4 is 5.32 Å². The molecule has 0 bridgehead atoms. The summed E-state index contributed by atoms with van der Waals surface area (Å²) >= 11 is 0. The maximum atomic E-state index is 11.2. The van der Waals surface area contributed by atoms with Crippen LogP contribution >= 0.6 is 0 Å². The van der Waals surface area contributed by atoms with Gasteiger partial charge in [0, 0.05) is 13.2 Å². The van der Waals surface area contributed by atoms with Crippen molar-refractivity contribution >= 4 is 11.9 Å². The summed E-state index contributed by atoms with van der Waals surface area (Å²) in [5.74, 6) is -0.862. The molecule has 0 saturated carbocycles. The summed E-state index contributed by atoms with van der Waals surface area (Å²) in [4.78, 5) is 22.1. The lowest BCUT2D eigenvalue weighted by Crippen LogP contribution is -2.29. The van der Waals surface area contributed by atoms with E-state index in [4.69, 9.17) is 9.47 Å². The Morgan fingerprint density at radius 2 is 1.71 bits per heavy atom. The molecule has 0 rings (SSSR count). The van der Waals surface area contributed by atoms with Crippen molar-refractivity contribution in [1.82, 2.24) is 5.32 Å². The Kier molecular flexibility index (Phi) is 10.6. The molecule has 0 spiro atoms. The Labute approximate surface area is 102 Å². The normalized spacial score (nSPS) is 10.0. The fraction of sp³-hybridized carbons (Fsp3) is 0.818. The van der Waals surface area contributed by atoms with Gasteiger partial charge < -0.3 is 19.5 Å². The molecule has 6 heteroatoms. The molecule has 0 fully saturated rings. The Balaban J connectivity index is 3.30. The van der Waals surface area contributed by atoms with E-state index in [1.165, 1.54) is 0 Å². The predicted octanol–water partition coefficient (Wildman–Crippen LogP) is 0.109. The first kappa shape index (κ1) is 15.9. The average molecular weight is 247 g/mol. The van der Waals surface area contributed by atoms with Gasteiger partial charge in [-0.15, -0.1) is 0 Å². The van der Waals surface area contributed by atoms with E-state index >= 15 is 0 Å². The van der Waals surface area contributed by atoms with E-state index in [0.29, 0.717) is 33.0 Å². The summed E-state index contributed by atoms with van der Waals surface area (Å²) in [5, 5.41) is 2.56. The zero-order chi connectivity index (χ0) is 12.9. The van der Waals surface area contributed by atoms with Crippen LogP contribution in [0.4, 0.5) is 0 Å². The lowest BCUT2D eigenvalue weighted by molar-refractivity contribution is -0.146. The topological polar surface area (TPSA) is 73.9 Å². The SMILES string of the molecule is CCOCCOCCNC(=O)CC(=O)OCC. The summed E-state index contributed by atoms with van der Waals surface area (Å²) < 4.78 is 14.9. The third kappa shape index (κ3) is 11.1. The summed E-state index contributed by atoms with van der Waals surface area (Å²) in [6, 6.07) is 0. The van der Waals surface area contributed by atoms with Gasteiger partial charge in [-0.25, -0.2) is 0 Å². The first-order chi connectivity index (χ1) is 8.20. The van der Waals surface area contributed by atoms with Gasteiger partial charge in [0.15, 0.2) is 0 Å². The zero-order valence-electron chi connectivity index (χ0n) is 10.5. The maximum absolute atomic E-state index is 11.2. The van der Waals surface area contributed by atoms with Crippen molar-refractivity contribution in [3.8, 4) is 0 Å². The molecular formula is C11H21NO5. The number of hydrogen-bond donors (Lipinski definition) is 1. The van der Waals surface area contributed by atoms with Crippen molar-refractivity contribution in [2.24, 2.45) is 0 Å². The lowest BCUT2D eigenvalue weighted by Gasteiger charge is -2.06. The molecule has 1 amide bonds. The molecule has 0 radical (unpaired) electrons. The second kappa shape index (κ2) is 11.3. The number of carbonyl (C=O) groups excluding carboxylic acids is 2. The minimum Gasteiger partial charge on any atom is -0.466 e. The molecular weight excluding hydrogens is 226 g/mol. The summed E-state index contributed by atoms with van der Waals surface area (Å²) in [5.41, 5.74) is 0. The minimum atomic E-state index is -0.512. The van der Waals surface area contributed by atoms with Crippen LogP contribution in [0.3, 0.4) is 0 Å². The summed E-state index contributed by atoms with van der Waals surface area (Å²) in [6.07, 6.45) is -0.243. The van der Waals surface area contributed by atoms with Crippen LogP contribution in [0.1, 0.15) is 20.3 Å². The van der Waals surface area contributed by atoms with Gasteiger partial charge in [-0.1, -0.05) is 0 Å².